The fourth-order valence-electron chi connectivity index (χ4n) is 2.48. The monoisotopic (exact) mass is 298 g/mol. The quantitative estimate of drug-likeness (QED) is 0.883. The van der Waals surface area contributed by atoms with Gasteiger partial charge < -0.3 is 5.32 Å². The second-order valence-corrected chi connectivity index (χ2v) is 6.92. The number of nitrogens with one attached hydrogen (secondary N) is 2. The van der Waals surface area contributed by atoms with Gasteiger partial charge in [0.1, 0.15) is 10.7 Å². The Morgan fingerprint density at radius 3 is 2.40 bits per heavy atom. The summed E-state index contributed by atoms with van der Waals surface area (Å²) in [5.74, 6) is 0.642. The highest BCUT2D eigenvalue weighted by Gasteiger charge is 2.29. The molecule has 2 heterocycles. The number of hydrogen-bond acceptors (Lipinski definition) is 5. The summed E-state index contributed by atoms with van der Waals surface area (Å²) in [6.07, 6.45) is 4.51. The topological polar surface area (TPSA) is 74.3 Å². The molecule has 1 aliphatic heterocycles. The van der Waals surface area contributed by atoms with E-state index >= 15 is 0 Å². The molecule has 1 saturated heterocycles. The first kappa shape index (κ1) is 15.2. The molecule has 20 heavy (non-hydrogen) atoms. The number of rotatable bonds is 4. The van der Waals surface area contributed by atoms with Crippen molar-refractivity contribution in [3.63, 3.8) is 0 Å². The predicted molar refractivity (Wildman–Crippen MR) is 78.7 cm³/mol. The van der Waals surface area contributed by atoms with Crippen molar-refractivity contribution in [3.8, 4) is 0 Å². The molecule has 0 amide bonds. The first-order chi connectivity index (χ1) is 9.44. The third kappa shape index (κ3) is 3.28. The maximum absolute atomic E-state index is 12.4. The minimum atomic E-state index is -3.57. The highest BCUT2D eigenvalue weighted by Crippen LogP contribution is 2.22. The Kier molecular flexibility index (Phi) is 4.62. The molecule has 0 saturated carbocycles. The van der Waals surface area contributed by atoms with Crippen molar-refractivity contribution in [1.82, 2.24) is 14.8 Å². The van der Waals surface area contributed by atoms with E-state index in [1.807, 2.05) is 18.9 Å². The Labute approximate surface area is 120 Å². The van der Waals surface area contributed by atoms with Gasteiger partial charge in [0, 0.05) is 25.3 Å². The van der Waals surface area contributed by atoms with Crippen LogP contribution in [0.4, 0.5) is 5.82 Å². The molecule has 0 spiro atoms. The molecule has 7 heteroatoms. The maximum atomic E-state index is 12.4. The summed E-state index contributed by atoms with van der Waals surface area (Å²) < 4.78 is 24.8. The number of hydrogen-bond donors (Lipinski definition) is 2. The number of sulfonamides is 1. The largest absolute Gasteiger partial charge is 0.373 e. The number of hydrazine groups is 1. The molecule has 0 aliphatic carbocycles. The van der Waals surface area contributed by atoms with Gasteiger partial charge >= 0.3 is 0 Å². The molecule has 112 valence electrons. The highest BCUT2D eigenvalue weighted by molar-refractivity contribution is 7.89. The normalized spacial score (nSPS) is 24.6. The van der Waals surface area contributed by atoms with Crippen molar-refractivity contribution in [2.75, 3.05) is 12.4 Å². The molecule has 0 bridgehead atoms. The standard InChI is InChI=1S/C13H22N4O2S/c1-10-5-4-6-11(2)17(10)16-20(18,19)12-7-8-13(14-3)15-9-12/h7-11,16H,4-6H2,1-3H3,(H,14,15). The van der Waals surface area contributed by atoms with E-state index in [1.54, 1.807) is 19.2 Å². The molecule has 6 nitrogen and oxygen atoms in total. The van der Waals surface area contributed by atoms with E-state index in [1.165, 1.54) is 6.20 Å². The van der Waals surface area contributed by atoms with Gasteiger partial charge in [-0.3, -0.25) is 0 Å². The van der Waals surface area contributed by atoms with Gasteiger partial charge in [-0.2, -0.15) is 0 Å². The molecule has 1 aromatic rings. The van der Waals surface area contributed by atoms with Crippen LogP contribution in [0, 0.1) is 0 Å². The van der Waals surface area contributed by atoms with E-state index in [4.69, 9.17) is 0 Å². The maximum Gasteiger partial charge on any atom is 0.255 e. The third-order valence-corrected chi connectivity index (χ3v) is 5.04. The molecule has 0 aromatic carbocycles. The highest BCUT2D eigenvalue weighted by atomic mass is 32.2. The number of nitrogens with zero attached hydrogens (tertiary/aromatic N) is 2. The van der Waals surface area contributed by atoms with Gasteiger partial charge in [-0.1, -0.05) is 6.42 Å². The second-order valence-electron chi connectivity index (χ2n) is 5.26. The average Bonchev–Trinajstić information content (AvgIpc) is 2.43. The Balaban J connectivity index is 2.17. The minimum Gasteiger partial charge on any atom is -0.373 e. The summed E-state index contributed by atoms with van der Waals surface area (Å²) in [7, 11) is -1.82. The molecular weight excluding hydrogens is 276 g/mol. The lowest BCUT2D eigenvalue weighted by atomic mass is 10.0. The number of anilines is 1. The summed E-state index contributed by atoms with van der Waals surface area (Å²) >= 11 is 0. The van der Waals surface area contributed by atoms with Crippen molar-refractivity contribution in [2.45, 2.75) is 50.1 Å². The van der Waals surface area contributed by atoms with Crippen LogP contribution in [-0.4, -0.2) is 37.5 Å². The van der Waals surface area contributed by atoms with Crippen molar-refractivity contribution in [2.24, 2.45) is 0 Å². The molecule has 0 radical (unpaired) electrons. The lowest BCUT2D eigenvalue weighted by molar-refractivity contribution is 0.0790. The Morgan fingerprint density at radius 1 is 1.25 bits per heavy atom. The van der Waals surface area contributed by atoms with Crippen molar-refractivity contribution >= 4 is 15.8 Å². The molecule has 2 N–H and O–H groups in total. The number of pyridine rings is 1. The third-order valence-electron chi connectivity index (χ3n) is 3.72. The van der Waals surface area contributed by atoms with Gasteiger partial charge in [0.25, 0.3) is 10.0 Å². The molecular formula is C13H22N4O2S. The summed E-state index contributed by atoms with van der Waals surface area (Å²) in [5, 5.41) is 4.70. The van der Waals surface area contributed by atoms with Crippen LogP contribution in [0.3, 0.4) is 0 Å². The van der Waals surface area contributed by atoms with Crippen molar-refractivity contribution < 1.29 is 8.42 Å². The van der Waals surface area contributed by atoms with Crippen LogP contribution in [0.1, 0.15) is 33.1 Å². The zero-order valence-electron chi connectivity index (χ0n) is 12.1. The Bertz CT molecular complexity index is 534. The van der Waals surface area contributed by atoms with Crippen LogP contribution >= 0.6 is 0 Å². The lowest BCUT2D eigenvalue weighted by Gasteiger charge is -2.38. The van der Waals surface area contributed by atoms with Crippen molar-refractivity contribution in [1.29, 1.82) is 0 Å². The van der Waals surface area contributed by atoms with Crippen LogP contribution in [0.25, 0.3) is 0 Å². The molecule has 2 unspecified atom stereocenters. The Morgan fingerprint density at radius 2 is 1.90 bits per heavy atom. The molecule has 1 fully saturated rings. The van der Waals surface area contributed by atoms with Crippen LogP contribution in [0.2, 0.25) is 0 Å². The van der Waals surface area contributed by atoms with E-state index in [9.17, 15) is 8.42 Å². The van der Waals surface area contributed by atoms with Gasteiger partial charge in [-0.25, -0.2) is 18.4 Å². The molecule has 1 aromatic heterocycles. The van der Waals surface area contributed by atoms with Crippen molar-refractivity contribution in [3.05, 3.63) is 18.3 Å². The number of aromatic nitrogens is 1. The van der Waals surface area contributed by atoms with E-state index in [0.29, 0.717) is 5.82 Å². The zero-order chi connectivity index (χ0) is 14.8. The van der Waals surface area contributed by atoms with Gasteiger partial charge in [0.2, 0.25) is 0 Å². The number of piperidine rings is 1. The van der Waals surface area contributed by atoms with Gasteiger partial charge in [0.05, 0.1) is 0 Å². The fourth-order valence-corrected chi connectivity index (χ4v) is 3.66. The van der Waals surface area contributed by atoms with Crippen LogP contribution < -0.4 is 10.1 Å². The van der Waals surface area contributed by atoms with Gasteiger partial charge in [-0.15, -0.1) is 4.83 Å². The fraction of sp³-hybridized carbons (Fsp3) is 0.615. The summed E-state index contributed by atoms with van der Waals surface area (Å²) in [5.41, 5.74) is 0. The Hall–Kier alpha value is -1.18. The average molecular weight is 298 g/mol. The lowest BCUT2D eigenvalue weighted by Crippen LogP contribution is -2.53. The smallest absolute Gasteiger partial charge is 0.255 e. The first-order valence-electron chi connectivity index (χ1n) is 6.88. The summed E-state index contributed by atoms with van der Waals surface area (Å²) in [6, 6.07) is 3.62. The second kappa shape index (κ2) is 6.07. The van der Waals surface area contributed by atoms with E-state index in [2.05, 4.69) is 15.1 Å². The predicted octanol–water partition coefficient (Wildman–Crippen LogP) is 1.58. The summed E-state index contributed by atoms with van der Waals surface area (Å²) in [4.78, 5) is 6.92. The minimum absolute atomic E-state index is 0.182. The van der Waals surface area contributed by atoms with E-state index < -0.39 is 10.0 Å². The van der Waals surface area contributed by atoms with Crippen LogP contribution in [-0.2, 0) is 10.0 Å². The van der Waals surface area contributed by atoms with Gasteiger partial charge in [-0.05, 0) is 38.8 Å². The van der Waals surface area contributed by atoms with Gasteiger partial charge in [0.15, 0.2) is 0 Å². The molecule has 1 aliphatic rings. The van der Waals surface area contributed by atoms with Crippen LogP contribution in [0.15, 0.2) is 23.2 Å². The van der Waals surface area contributed by atoms with Crippen LogP contribution in [0.5, 0.6) is 0 Å². The zero-order valence-corrected chi connectivity index (χ0v) is 12.9. The van der Waals surface area contributed by atoms with E-state index in [-0.39, 0.29) is 17.0 Å². The SMILES string of the molecule is CNc1ccc(S(=O)(=O)NN2C(C)CCCC2C)cn1. The van der Waals surface area contributed by atoms with E-state index in [0.717, 1.165) is 19.3 Å². The molecule has 2 atom stereocenters. The first-order valence-corrected chi connectivity index (χ1v) is 8.37. The summed E-state index contributed by atoms with van der Waals surface area (Å²) in [6.45, 7) is 4.08. The molecule has 2 rings (SSSR count).